The molecule has 2 heterocycles. The number of nitrogens with zero attached hydrogens (tertiary/aromatic N) is 2. The molecule has 0 aliphatic carbocycles. The fraction of sp³-hybridized carbons (Fsp3) is 0.562. The molecule has 2 aliphatic rings. The quantitative estimate of drug-likeness (QED) is 0.880. The zero-order chi connectivity index (χ0) is 17.2. The Balaban J connectivity index is 1.84. The van der Waals surface area contributed by atoms with E-state index in [1.54, 1.807) is 4.90 Å². The Bertz CT molecular complexity index is 709. The number of hydrogen-bond donors (Lipinski definition) is 1. The van der Waals surface area contributed by atoms with Crippen LogP contribution in [0.5, 0.6) is 0 Å². The molecule has 1 N–H and O–H groups in total. The van der Waals surface area contributed by atoms with Gasteiger partial charge < -0.3 is 10.2 Å². The van der Waals surface area contributed by atoms with Crippen LogP contribution in [0, 0.1) is 5.82 Å². The minimum absolute atomic E-state index is 0.0617. The lowest BCUT2D eigenvalue weighted by molar-refractivity contribution is 0.0788. The van der Waals surface area contributed by atoms with E-state index in [4.69, 9.17) is 0 Å². The number of carbonyl (C=O) groups excluding carboxylic acids is 1. The van der Waals surface area contributed by atoms with Crippen molar-refractivity contribution >= 4 is 15.9 Å². The van der Waals surface area contributed by atoms with Crippen LogP contribution in [0.2, 0.25) is 0 Å². The predicted octanol–water partition coefficient (Wildman–Crippen LogP) is 1.05. The highest BCUT2D eigenvalue weighted by Crippen LogP contribution is 2.22. The number of likely N-dealkylation sites (tertiary alicyclic amines) is 1. The van der Waals surface area contributed by atoms with Gasteiger partial charge in [0.25, 0.3) is 5.91 Å². The van der Waals surface area contributed by atoms with E-state index in [0.717, 1.165) is 25.5 Å². The van der Waals surface area contributed by atoms with E-state index in [-0.39, 0.29) is 16.4 Å². The van der Waals surface area contributed by atoms with Crippen molar-refractivity contribution in [1.29, 1.82) is 0 Å². The van der Waals surface area contributed by atoms with Gasteiger partial charge in [0.15, 0.2) is 0 Å². The number of sulfonamides is 1. The van der Waals surface area contributed by atoms with Crippen molar-refractivity contribution in [2.45, 2.75) is 24.2 Å². The van der Waals surface area contributed by atoms with Gasteiger partial charge in [0.1, 0.15) is 5.82 Å². The van der Waals surface area contributed by atoms with Gasteiger partial charge in [-0.2, -0.15) is 4.31 Å². The number of hydrogen-bond acceptors (Lipinski definition) is 4. The molecule has 0 unspecified atom stereocenters. The molecule has 2 saturated heterocycles. The summed E-state index contributed by atoms with van der Waals surface area (Å²) in [4.78, 5) is 13.8. The summed E-state index contributed by atoms with van der Waals surface area (Å²) in [5.74, 6) is -1.14. The third-order valence-electron chi connectivity index (χ3n) is 4.50. The molecular weight excluding hydrogens is 333 g/mol. The van der Waals surface area contributed by atoms with Crippen molar-refractivity contribution in [3.8, 4) is 0 Å². The average molecular weight is 355 g/mol. The van der Waals surface area contributed by atoms with Crippen LogP contribution in [0.15, 0.2) is 23.1 Å². The number of carbonyl (C=O) groups is 1. The van der Waals surface area contributed by atoms with Crippen LogP contribution >= 0.6 is 0 Å². The molecule has 3 rings (SSSR count). The third kappa shape index (κ3) is 3.45. The fourth-order valence-corrected chi connectivity index (χ4v) is 4.62. The predicted molar refractivity (Wildman–Crippen MR) is 87.8 cm³/mol. The van der Waals surface area contributed by atoms with Crippen LogP contribution in [-0.2, 0) is 10.0 Å². The first kappa shape index (κ1) is 17.3. The third-order valence-corrected chi connectivity index (χ3v) is 6.40. The highest BCUT2D eigenvalue weighted by molar-refractivity contribution is 7.89. The van der Waals surface area contributed by atoms with Crippen molar-refractivity contribution in [1.82, 2.24) is 14.5 Å². The van der Waals surface area contributed by atoms with Crippen LogP contribution in [0.25, 0.3) is 0 Å². The summed E-state index contributed by atoms with van der Waals surface area (Å²) in [6, 6.07) is 3.59. The zero-order valence-electron chi connectivity index (χ0n) is 13.5. The second-order valence-corrected chi connectivity index (χ2v) is 8.09. The first-order valence-corrected chi connectivity index (χ1v) is 9.74. The van der Waals surface area contributed by atoms with Gasteiger partial charge in [0, 0.05) is 32.7 Å². The van der Waals surface area contributed by atoms with E-state index in [0.29, 0.717) is 39.1 Å². The first-order valence-electron chi connectivity index (χ1n) is 8.30. The summed E-state index contributed by atoms with van der Waals surface area (Å²) in [6.07, 6.45) is 2.55. The molecule has 2 aliphatic heterocycles. The zero-order valence-corrected chi connectivity index (χ0v) is 14.3. The molecule has 0 spiro atoms. The molecule has 1 amide bonds. The van der Waals surface area contributed by atoms with Gasteiger partial charge in [0.05, 0.1) is 10.5 Å². The molecule has 0 radical (unpaired) electrons. The number of amides is 1. The molecule has 6 nitrogen and oxygen atoms in total. The Morgan fingerprint density at radius 3 is 2.50 bits per heavy atom. The van der Waals surface area contributed by atoms with Crippen molar-refractivity contribution in [3.05, 3.63) is 29.6 Å². The van der Waals surface area contributed by atoms with Gasteiger partial charge in [-0.25, -0.2) is 12.8 Å². The van der Waals surface area contributed by atoms with Crippen molar-refractivity contribution < 1.29 is 17.6 Å². The Labute approximate surface area is 141 Å². The summed E-state index contributed by atoms with van der Waals surface area (Å²) < 4.78 is 41.1. The number of nitrogens with one attached hydrogen (secondary N) is 1. The molecule has 8 heteroatoms. The summed E-state index contributed by atoms with van der Waals surface area (Å²) in [7, 11) is -3.74. The molecule has 2 fully saturated rings. The van der Waals surface area contributed by atoms with Crippen LogP contribution in [0.4, 0.5) is 4.39 Å². The lowest BCUT2D eigenvalue weighted by Gasteiger charge is -2.20. The molecule has 132 valence electrons. The van der Waals surface area contributed by atoms with E-state index in [2.05, 4.69) is 5.32 Å². The lowest BCUT2D eigenvalue weighted by atomic mass is 10.2. The number of halogens is 1. The van der Waals surface area contributed by atoms with Crippen LogP contribution < -0.4 is 5.32 Å². The van der Waals surface area contributed by atoms with Gasteiger partial charge in [-0.05, 0) is 44.0 Å². The molecule has 0 atom stereocenters. The van der Waals surface area contributed by atoms with Gasteiger partial charge >= 0.3 is 0 Å². The van der Waals surface area contributed by atoms with Crippen molar-refractivity contribution in [2.75, 3.05) is 39.3 Å². The second kappa shape index (κ2) is 7.16. The Morgan fingerprint density at radius 1 is 1.04 bits per heavy atom. The largest absolute Gasteiger partial charge is 0.339 e. The van der Waals surface area contributed by atoms with E-state index in [1.807, 2.05) is 0 Å². The minimum Gasteiger partial charge on any atom is -0.339 e. The van der Waals surface area contributed by atoms with Crippen molar-refractivity contribution in [2.24, 2.45) is 0 Å². The first-order chi connectivity index (χ1) is 11.5. The summed E-state index contributed by atoms with van der Waals surface area (Å²) in [5.41, 5.74) is -0.0617. The average Bonchev–Trinajstić information content (AvgIpc) is 2.95. The second-order valence-electron chi connectivity index (χ2n) is 6.15. The molecule has 0 bridgehead atoms. The fourth-order valence-electron chi connectivity index (χ4n) is 3.13. The molecule has 24 heavy (non-hydrogen) atoms. The van der Waals surface area contributed by atoms with Gasteiger partial charge in [0.2, 0.25) is 10.0 Å². The SMILES string of the molecule is O=C(c1ccc(S(=O)(=O)N2CCCNCC2)cc1F)N1CCCC1. The summed E-state index contributed by atoms with van der Waals surface area (Å²) in [5, 5.41) is 3.14. The van der Waals surface area contributed by atoms with Crippen LogP contribution in [0.1, 0.15) is 29.6 Å². The summed E-state index contributed by atoms with van der Waals surface area (Å²) >= 11 is 0. The summed E-state index contributed by atoms with van der Waals surface area (Å²) in [6.45, 7) is 3.36. The lowest BCUT2D eigenvalue weighted by Crippen LogP contribution is -2.34. The van der Waals surface area contributed by atoms with E-state index in [1.165, 1.54) is 16.4 Å². The van der Waals surface area contributed by atoms with E-state index >= 15 is 0 Å². The van der Waals surface area contributed by atoms with Gasteiger partial charge in [-0.15, -0.1) is 0 Å². The van der Waals surface area contributed by atoms with Crippen molar-refractivity contribution in [3.63, 3.8) is 0 Å². The van der Waals surface area contributed by atoms with E-state index < -0.39 is 15.8 Å². The molecule has 0 saturated carbocycles. The van der Waals surface area contributed by atoms with Crippen LogP contribution in [0.3, 0.4) is 0 Å². The molecule has 0 aromatic heterocycles. The molecule has 1 aromatic rings. The molecule has 1 aromatic carbocycles. The number of benzene rings is 1. The Hall–Kier alpha value is -1.51. The maximum atomic E-state index is 14.4. The number of rotatable bonds is 3. The van der Waals surface area contributed by atoms with E-state index in [9.17, 15) is 17.6 Å². The molecular formula is C16H22FN3O3S. The Kier molecular flexibility index (Phi) is 5.17. The minimum atomic E-state index is -3.74. The highest BCUT2D eigenvalue weighted by atomic mass is 32.2. The topological polar surface area (TPSA) is 69.7 Å². The van der Waals surface area contributed by atoms with Crippen LogP contribution in [-0.4, -0.2) is 62.8 Å². The normalized spacial score (nSPS) is 20.1. The van der Waals surface area contributed by atoms with Gasteiger partial charge in [-0.1, -0.05) is 0 Å². The smallest absolute Gasteiger partial charge is 0.256 e. The Morgan fingerprint density at radius 2 is 1.79 bits per heavy atom. The maximum absolute atomic E-state index is 14.4. The maximum Gasteiger partial charge on any atom is 0.256 e. The van der Waals surface area contributed by atoms with Gasteiger partial charge in [-0.3, -0.25) is 4.79 Å². The highest BCUT2D eigenvalue weighted by Gasteiger charge is 2.28. The monoisotopic (exact) mass is 355 g/mol. The standard InChI is InChI=1S/C16H22FN3O3S/c17-15-12-13(24(22,23)20-10-3-6-18-7-11-20)4-5-14(15)16(21)19-8-1-2-9-19/h4-5,12,18H,1-3,6-11H2.